The lowest BCUT2D eigenvalue weighted by Crippen LogP contribution is -2.35. The summed E-state index contributed by atoms with van der Waals surface area (Å²) in [6, 6.07) is 3.12. The molecule has 1 aliphatic carbocycles. The van der Waals surface area contributed by atoms with Gasteiger partial charge in [-0.05, 0) is 37.8 Å². The molecule has 1 aliphatic rings. The minimum Gasteiger partial charge on any atom is -0.376 e. The lowest BCUT2D eigenvalue weighted by Gasteiger charge is -2.26. The molecule has 1 fully saturated rings. The zero-order chi connectivity index (χ0) is 14.8. The highest BCUT2D eigenvalue weighted by molar-refractivity contribution is 5.92. The van der Waals surface area contributed by atoms with E-state index in [4.69, 9.17) is 10.5 Å². The van der Waals surface area contributed by atoms with Crippen molar-refractivity contribution in [3.8, 4) is 0 Å². The van der Waals surface area contributed by atoms with Crippen LogP contribution in [0.3, 0.4) is 0 Å². The molecule has 0 spiro atoms. The van der Waals surface area contributed by atoms with Gasteiger partial charge in [-0.1, -0.05) is 0 Å². The molecule has 1 saturated carbocycles. The zero-order valence-electron chi connectivity index (χ0n) is 11.6. The van der Waals surface area contributed by atoms with Gasteiger partial charge < -0.3 is 15.8 Å². The maximum Gasteiger partial charge on any atom is 0.193 e. The predicted octanol–water partition coefficient (Wildman–Crippen LogP) is 2.51. The Kier molecular flexibility index (Phi) is 4.23. The van der Waals surface area contributed by atoms with E-state index >= 15 is 0 Å². The van der Waals surface area contributed by atoms with Crippen molar-refractivity contribution >= 4 is 11.6 Å². The highest BCUT2D eigenvalue weighted by Crippen LogP contribution is 2.41. The average molecular weight is 283 g/mol. The number of hydrogen-bond donors (Lipinski definition) is 2. The Morgan fingerprint density at radius 1 is 1.50 bits per heavy atom. The minimum absolute atomic E-state index is 0.0307. The minimum atomic E-state index is -0.582. The zero-order valence-corrected chi connectivity index (χ0v) is 11.6. The van der Waals surface area contributed by atoms with Crippen molar-refractivity contribution in [3.05, 3.63) is 29.8 Å². The van der Waals surface area contributed by atoms with E-state index in [9.17, 15) is 8.78 Å². The van der Waals surface area contributed by atoms with Crippen molar-refractivity contribution in [1.82, 2.24) is 0 Å². The normalized spacial score (nSPS) is 18.7. The number of halogens is 2. The van der Waals surface area contributed by atoms with E-state index in [1.54, 1.807) is 7.11 Å². The Hall–Kier alpha value is -1.69. The van der Waals surface area contributed by atoms with Crippen LogP contribution in [0, 0.1) is 17.6 Å². The van der Waals surface area contributed by atoms with E-state index in [1.807, 2.05) is 6.92 Å². The summed E-state index contributed by atoms with van der Waals surface area (Å²) in [6.07, 6.45) is 2.23. The summed E-state index contributed by atoms with van der Waals surface area (Å²) in [5, 5.41) is 2.56. The predicted molar refractivity (Wildman–Crippen MR) is 74.6 cm³/mol. The first-order valence-electron chi connectivity index (χ1n) is 6.52. The molecule has 3 N–H and O–H groups in total. The lowest BCUT2D eigenvalue weighted by atomic mass is 10.0. The number of hydrogen-bond acceptors (Lipinski definition) is 2. The SMILES string of the molecule is COC(C)(CN=C(N)Nc1cc(F)ccc1F)C1CC1. The monoisotopic (exact) mass is 283 g/mol. The van der Waals surface area contributed by atoms with Crippen molar-refractivity contribution < 1.29 is 13.5 Å². The van der Waals surface area contributed by atoms with Gasteiger partial charge in [0.2, 0.25) is 0 Å². The third-order valence-corrected chi connectivity index (χ3v) is 3.66. The Morgan fingerprint density at radius 3 is 2.80 bits per heavy atom. The van der Waals surface area contributed by atoms with E-state index < -0.39 is 11.6 Å². The Labute approximate surface area is 117 Å². The second-order valence-corrected chi connectivity index (χ2v) is 5.24. The van der Waals surface area contributed by atoms with Crippen LogP contribution in [-0.2, 0) is 4.74 Å². The fourth-order valence-electron chi connectivity index (χ4n) is 2.07. The van der Waals surface area contributed by atoms with Crippen LogP contribution < -0.4 is 11.1 Å². The number of nitrogens with zero attached hydrogens (tertiary/aromatic N) is 1. The summed E-state index contributed by atoms with van der Waals surface area (Å²) in [5.74, 6) is -0.601. The second kappa shape index (κ2) is 5.75. The smallest absolute Gasteiger partial charge is 0.193 e. The van der Waals surface area contributed by atoms with Gasteiger partial charge in [-0.2, -0.15) is 0 Å². The quantitative estimate of drug-likeness (QED) is 0.645. The van der Waals surface area contributed by atoms with E-state index in [0.29, 0.717) is 12.5 Å². The molecule has 0 aliphatic heterocycles. The first-order valence-corrected chi connectivity index (χ1v) is 6.52. The molecule has 0 bridgehead atoms. The maximum atomic E-state index is 13.4. The first kappa shape index (κ1) is 14.7. The topological polar surface area (TPSA) is 59.6 Å². The van der Waals surface area contributed by atoms with E-state index in [1.165, 1.54) is 0 Å². The molecule has 2 rings (SSSR count). The van der Waals surface area contributed by atoms with Crippen LogP contribution in [0.25, 0.3) is 0 Å². The molecule has 1 aromatic rings. The van der Waals surface area contributed by atoms with Gasteiger partial charge in [-0.3, -0.25) is 4.99 Å². The molecule has 1 atom stereocenters. The third kappa shape index (κ3) is 3.45. The van der Waals surface area contributed by atoms with Gasteiger partial charge in [0.1, 0.15) is 11.6 Å². The first-order chi connectivity index (χ1) is 9.44. The number of rotatable bonds is 5. The largest absolute Gasteiger partial charge is 0.376 e. The number of nitrogens with one attached hydrogen (secondary N) is 1. The number of ether oxygens (including phenoxy) is 1. The molecule has 20 heavy (non-hydrogen) atoms. The van der Waals surface area contributed by atoms with Gasteiger partial charge >= 0.3 is 0 Å². The molecule has 1 aromatic carbocycles. The van der Waals surface area contributed by atoms with E-state index in [-0.39, 0.29) is 17.2 Å². The lowest BCUT2D eigenvalue weighted by molar-refractivity contribution is -0.00467. The van der Waals surface area contributed by atoms with Gasteiger partial charge in [0.25, 0.3) is 0 Å². The Balaban J connectivity index is 2.02. The molecule has 1 unspecified atom stereocenters. The number of methoxy groups -OCH3 is 1. The molecule has 0 radical (unpaired) electrons. The number of aliphatic imine (C=N–C) groups is 1. The average Bonchev–Trinajstić information content (AvgIpc) is 3.25. The summed E-state index contributed by atoms with van der Waals surface area (Å²) in [5.41, 5.74) is 5.32. The van der Waals surface area contributed by atoms with Crippen LogP contribution in [0.5, 0.6) is 0 Å². The second-order valence-electron chi connectivity index (χ2n) is 5.24. The fourth-order valence-corrected chi connectivity index (χ4v) is 2.07. The summed E-state index contributed by atoms with van der Waals surface area (Å²) < 4.78 is 32.0. The van der Waals surface area contributed by atoms with E-state index in [2.05, 4.69) is 10.3 Å². The molecule has 4 nitrogen and oxygen atoms in total. The van der Waals surface area contributed by atoms with Gasteiger partial charge in [-0.25, -0.2) is 8.78 Å². The van der Waals surface area contributed by atoms with Crippen LogP contribution in [0.15, 0.2) is 23.2 Å². The molecule has 0 heterocycles. The van der Waals surface area contributed by atoms with Crippen LogP contribution in [0.2, 0.25) is 0 Å². The maximum absolute atomic E-state index is 13.4. The number of nitrogens with two attached hydrogens (primary N) is 1. The highest BCUT2D eigenvalue weighted by atomic mass is 19.1. The van der Waals surface area contributed by atoms with Crippen molar-refractivity contribution in [2.24, 2.45) is 16.6 Å². The molecular weight excluding hydrogens is 264 g/mol. The van der Waals surface area contributed by atoms with Crippen LogP contribution in [-0.4, -0.2) is 25.2 Å². The number of benzene rings is 1. The Morgan fingerprint density at radius 2 is 2.20 bits per heavy atom. The van der Waals surface area contributed by atoms with Gasteiger partial charge in [0.15, 0.2) is 5.96 Å². The standard InChI is InChI=1S/C14H19F2N3O/c1-14(20-2,9-3-4-9)8-18-13(17)19-12-7-10(15)5-6-11(12)16/h5-7,9H,3-4,8H2,1-2H3,(H3,17,18,19). The molecule has 0 amide bonds. The third-order valence-electron chi connectivity index (χ3n) is 3.66. The summed E-state index contributed by atoms with van der Waals surface area (Å²) in [4.78, 5) is 4.16. The summed E-state index contributed by atoms with van der Waals surface area (Å²) in [7, 11) is 1.64. The Bertz CT molecular complexity index is 517. The van der Waals surface area contributed by atoms with Gasteiger partial charge in [0.05, 0.1) is 17.8 Å². The highest BCUT2D eigenvalue weighted by Gasteiger charge is 2.41. The molecule has 0 saturated heterocycles. The van der Waals surface area contributed by atoms with Gasteiger partial charge in [-0.15, -0.1) is 0 Å². The molecule has 6 heteroatoms. The van der Waals surface area contributed by atoms with Crippen molar-refractivity contribution in [1.29, 1.82) is 0 Å². The van der Waals surface area contributed by atoms with Crippen LogP contribution in [0.1, 0.15) is 19.8 Å². The summed E-state index contributed by atoms with van der Waals surface area (Å²) >= 11 is 0. The summed E-state index contributed by atoms with van der Waals surface area (Å²) in [6.45, 7) is 2.36. The fraction of sp³-hybridized carbons (Fsp3) is 0.500. The van der Waals surface area contributed by atoms with Crippen molar-refractivity contribution in [2.45, 2.75) is 25.4 Å². The molecule has 110 valence electrons. The van der Waals surface area contributed by atoms with E-state index in [0.717, 1.165) is 31.0 Å². The number of anilines is 1. The van der Waals surface area contributed by atoms with Gasteiger partial charge in [0, 0.05) is 13.2 Å². The van der Waals surface area contributed by atoms with Crippen LogP contribution >= 0.6 is 0 Å². The van der Waals surface area contributed by atoms with Crippen LogP contribution in [0.4, 0.5) is 14.5 Å². The number of guanidine groups is 1. The van der Waals surface area contributed by atoms with Crippen molar-refractivity contribution in [3.63, 3.8) is 0 Å². The molecule has 0 aromatic heterocycles. The van der Waals surface area contributed by atoms with Crippen molar-refractivity contribution in [2.75, 3.05) is 19.0 Å². The molecular formula is C14H19F2N3O.